The number of aromatic nitrogens is 1. The predicted octanol–water partition coefficient (Wildman–Crippen LogP) is 6.46. The lowest BCUT2D eigenvalue weighted by Crippen LogP contribution is -2.29. The Balaban J connectivity index is 1.78. The van der Waals surface area contributed by atoms with Gasteiger partial charge in [0.25, 0.3) is 11.7 Å². The molecule has 4 aromatic rings. The number of hydrogen-bond donors (Lipinski definition) is 2. The van der Waals surface area contributed by atoms with E-state index in [0.717, 1.165) is 34.1 Å². The van der Waals surface area contributed by atoms with Crippen LogP contribution in [0, 0.1) is 6.92 Å². The summed E-state index contributed by atoms with van der Waals surface area (Å²) in [5.74, 6) is -0.786. The number of nitrogens with zero attached hydrogens (tertiary/aromatic N) is 1. The Labute approximate surface area is 227 Å². The average Bonchev–Trinajstić information content (AvgIpc) is 3.40. The van der Waals surface area contributed by atoms with Crippen LogP contribution in [0.3, 0.4) is 0 Å². The average molecular weight is 525 g/mol. The number of H-pyrrole nitrogens is 1. The molecule has 5 rings (SSSR count). The van der Waals surface area contributed by atoms with Crippen molar-refractivity contribution in [3.63, 3.8) is 0 Å². The van der Waals surface area contributed by atoms with E-state index in [9.17, 15) is 14.7 Å². The molecule has 200 valence electrons. The minimum atomic E-state index is -0.852. The number of aliphatic hydroxyl groups excluding tert-OH is 1. The van der Waals surface area contributed by atoms with E-state index in [0.29, 0.717) is 36.0 Å². The zero-order valence-corrected chi connectivity index (χ0v) is 22.6. The van der Waals surface area contributed by atoms with E-state index in [-0.39, 0.29) is 11.3 Å². The van der Waals surface area contributed by atoms with Crippen LogP contribution < -0.4 is 14.4 Å². The van der Waals surface area contributed by atoms with E-state index in [1.165, 1.54) is 4.90 Å². The monoisotopic (exact) mass is 524 g/mol. The Morgan fingerprint density at radius 2 is 1.67 bits per heavy atom. The summed E-state index contributed by atoms with van der Waals surface area (Å²) >= 11 is 0. The second kappa shape index (κ2) is 10.7. The summed E-state index contributed by atoms with van der Waals surface area (Å²) in [7, 11) is 0. The molecule has 2 heterocycles. The quantitative estimate of drug-likeness (QED) is 0.157. The molecule has 1 saturated heterocycles. The lowest BCUT2D eigenvalue weighted by Gasteiger charge is -2.26. The molecule has 1 amide bonds. The molecule has 1 aliphatic rings. The lowest BCUT2D eigenvalue weighted by molar-refractivity contribution is -0.132. The number of Topliss-reactive ketones (excluding diaryl/α,β-unsaturated/α-hetero) is 1. The normalized spacial score (nSPS) is 16.7. The highest BCUT2D eigenvalue weighted by atomic mass is 16.5. The number of fused-ring (bicyclic) bond motifs is 1. The first kappa shape index (κ1) is 26.1. The van der Waals surface area contributed by atoms with Gasteiger partial charge in [-0.25, -0.2) is 0 Å². The van der Waals surface area contributed by atoms with Crippen molar-refractivity contribution in [3.05, 3.63) is 94.7 Å². The Bertz CT molecular complexity index is 1580. The summed E-state index contributed by atoms with van der Waals surface area (Å²) in [6.45, 7) is 8.51. The van der Waals surface area contributed by atoms with Crippen molar-refractivity contribution in [3.8, 4) is 11.5 Å². The highest BCUT2D eigenvalue weighted by molar-refractivity contribution is 6.52. The summed E-state index contributed by atoms with van der Waals surface area (Å²) in [5.41, 5.74) is 4.48. The third-order valence-electron chi connectivity index (χ3n) is 7.10. The molecule has 7 heteroatoms. The smallest absolute Gasteiger partial charge is 0.300 e. The molecule has 0 saturated carbocycles. The van der Waals surface area contributed by atoms with Crippen LogP contribution in [0.1, 0.15) is 49.2 Å². The molecule has 1 unspecified atom stereocenters. The molecular weight excluding hydrogens is 492 g/mol. The zero-order valence-electron chi connectivity index (χ0n) is 22.6. The van der Waals surface area contributed by atoms with Crippen molar-refractivity contribution >= 4 is 34.0 Å². The third-order valence-corrected chi connectivity index (χ3v) is 7.10. The topological polar surface area (TPSA) is 91.9 Å². The molecule has 1 aliphatic heterocycles. The number of carbonyl (C=O) groups excluding carboxylic acids is 2. The second-order valence-electron chi connectivity index (χ2n) is 9.42. The first-order valence-electron chi connectivity index (χ1n) is 13.3. The van der Waals surface area contributed by atoms with Crippen molar-refractivity contribution in [1.29, 1.82) is 0 Å². The zero-order chi connectivity index (χ0) is 27.7. The molecule has 0 radical (unpaired) electrons. The molecule has 0 spiro atoms. The summed E-state index contributed by atoms with van der Waals surface area (Å²) in [6, 6.07) is 19.6. The molecule has 1 fully saturated rings. The second-order valence-corrected chi connectivity index (χ2v) is 9.42. The van der Waals surface area contributed by atoms with Gasteiger partial charge < -0.3 is 19.6 Å². The number of para-hydroxylation sites is 1. The number of hydrogen-bond acceptors (Lipinski definition) is 5. The van der Waals surface area contributed by atoms with Crippen LogP contribution in [-0.4, -0.2) is 35.0 Å². The number of ether oxygens (including phenoxy) is 2. The van der Waals surface area contributed by atoms with Crippen LogP contribution in [-0.2, 0) is 16.0 Å². The minimum Gasteiger partial charge on any atom is -0.507 e. The van der Waals surface area contributed by atoms with Crippen LogP contribution >= 0.6 is 0 Å². The number of anilines is 1. The molecule has 3 aromatic carbocycles. The minimum absolute atomic E-state index is 0.0116. The summed E-state index contributed by atoms with van der Waals surface area (Å²) in [5, 5.41) is 12.6. The van der Waals surface area contributed by atoms with Gasteiger partial charge in [0.15, 0.2) is 0 Å². The van der Waals surface area contributed by atoms with Gasteiger partial charge >= 0.3 is 0 Å². The number of nitrogens with one attached hydrogen (secondary N) is 1. The Morgan fingerprint density at radius 3 is 2.36 bits per heavy atom. The number of benzene rings is 3. The summed E-state index contributed by atoms with van der Waals surface area (Å²) in [4.78, 5) is 32.3. The highest BCUT2D eigenvalue weighted by Crippen LogP contribution is 2.46. The van der Waals surface area contributed by atoms with Crippen LogP contribution in [0.15, 0.2) is 72.3 Å². The Hall–Kier alpha value is -4.52. The van der Waals surface area contributed by atoms with E-state index in [1.807, 2.05) is 69.3 Å². The third kappa shape index (κ3) is 4.54. The van der Waals surface area contributed by atoms with Crippen molar-refractivity contribution in [1.82, 2.24) is 4.98 Å². The molecular formula is C32H32N2O5. The van der Waals surface area contributed by atoms with E-state index >= 15 is 0 Å². The predicted molar refractivity (Wildman–Crippen MR) is 152 cm³/mol. The van der Waals surface area contributed by atoms with Gasteiger partial charge in [0, 0.05) is 33.9 Å². The van der Waals surface area contributed by atoms with Crippen LogP contribution in [0.5, 0.6) is 11.5 Å². The standard InChI is InChI=1S/C32H32N2O5/c1-5-20-12-14-21(15-13-20)34-29(27-19(4)33-25-11-9-8-10-23(25)27)28(31(36)32(34)37)30(35)24-17-16-22(38-6-2)18-26(24)39-7-3/h8-18,29,33,35H,5-7H2,1-4H3/b30-28+. The van der Waals surface area contributed by atoms with Gasteiger partial charge in [0.05, 0.1) is 30.4 Å². The number of amides is 1. The van der Waals surface area contributed by atoms with Crippen molar-refractivity contribution < 1.29 is 24.2 Å². The number of aliphatic hydroxyl groups is 1. The Morgan fingerprint density at radius 1 is 0.949 bits per heavy atom. The van der Waals surface area contributed by atoms with Gasteiger partial charge in [-0.2, -0.15) is 0 Å². The summed E-state index contributed by atoms with van der Waals surface area (Å²) in [6.07, 6.45) is 0.849. The van der Waals surface area contributed by atoms with E-state index in [1.54, 1.807) is 18.2 Å². The van der Waals surface area contributed by atoms with E-state index in [4.69, 9.17) is 9.47 Å². The fourth-order valence-electron chi connectivity index (χ4n) is 5.29. The van der Waals surface area contributed by atoms with Crippen molar-refractivity contribution in [2.24, 2.45) is 0 Å². The molecule has 39 heavy (non-hydrogen) atoms. The first-order chi connectivity index (χ1) is 18.9. The highest BCUT2D eigenvalue weighted by Gasteiger charge is 2.48. The van der Waals surface area contributed by atoms with Gasteiger partial charge in [-0.15, -0.1) is 0 Å². The fraction of sp³-hybridized carbons (Fsp3) is 0.250. The molecule has 0 aliphatic carbocycles. The summed E-state index contributed by atoms with van der Waals surface area (Å²) < 4.78 is 11.5. The fourth-order valence-corrected chi connectivity index (χ4v) is 5.29. The van der Waals surface area contributed by atoms with Crippen molar-refractivity contribution in [2.75, 3.05) is 18.1 Å². The van der Waals surface area contributed by atoms with Crippen LogP contribution in [0.25, 0.3) is 16.7 Å². The number of carbonyl (C=O) groups is 2. The van der Waals surface area contributed by atoms with Crippen LogP contribution in [0.2, 0.25) is 0 Å². The maximum atomic E-state index is 13.7. The maximum Gasteiger partial charge on any atom is 0.300 e. The Kier molecular flexibility index (Phi) is 7.15. The molecule has 2 N–H and O–H groups in total. The van der Waals surface area contributed by atoms with Gasteiger partial charge in [-0.05, 0) is 63.1 Å². The molecule has 0 bridgehead atoms. The maximum absolute atomic E-state index is 13.7. The number of aryl methyl sites for hydroxylation is 2. The molecule has 1 atom stereocenters. The molecule has 1 aromatic heterocycles. The van der Waals surface area contributed by atoms with Gasteiger partial charge in [-0.1, -0.05) is 37.3 Å². The number of aromatic amines is 1. The SMILES string of the molecule is CCOc1ccc(/C(O)=C2\C(=O)C(=O)N(c3ccc(CC)cc3)C2c2c(C)[nH]c3ccccc23)c(OCC)c1. The first-order valence-corrected chi connectivity index (χ1v) is 13.3. The van der Waals surface area contributed by atoms with Crippen LogP contribution in [0.4, 0.5) is 5.69 Å². The van der Waals surface area contributed by atoms with Gasteiger partial charge in [-0.3, -0.25) is 14.5 Å². The van der Waals surface area contributed by atoms with Gasteiger partial charge in [0.2, 0.25) is 0 Å². The van der Waals surface area contributed by atoms with Gasteiger partial charge in [0.1, 0.15) is 17.3 Å². The number of rotatable bonds is 8. The van der Waals surface area contributed by atoms with E-state index < -0.39 is 17.7 Å². The molecule has 7 nitrogen and oxygen atoms in total. The van der Waals surface area contributed by atoms with E-state index in [2.05, 4.69) is 11.9 Å². The lowest BCUT2D eigenvalue weighted by atomic mass is 9.93. The van der Waals surface area contributed by atoms with Crippen molar-refractivity contribution in [2.45, 2.75) is 40.2 Å². The largest absolute Gasteiger partial charge is 0.507 e. The number of ketones is 1.